The lowest BCUT2D eigenvalue weighted by molar-refractivity contribution is -0.373. The number of carboxylic acids is 1. The Kier molecular flexibility index (Phi) is 11.0. The largest absolute Gasteiger partial charge is 0.481 e. The third-order valence-corrected chi connectivity index (χ3v) is 18.1. The number of carbonyl (C=O) groups is 3. The van der Waals surface area contributed by atoms with E-state index in [0.717, 1.165) is 52.1 Å². The molecule has 8 rings (SSSR count). The van der Waals surface area contributed by atoms with Crippen LogP contribution in [0.3, 0.4) is 0 Å². The van der Waals surface area contributed by atoms with Gasteiger partial charge in [0.05, 0.1) is 25.2 Å². The second-order valence-corrected chi connectivity index (χ2v) is 20.1. The van der Waals surface area contributed by atoms with Crippen LogP contribution in [0.2, 0.25) is 0 Å². The Morgan fingerprint density at radius 1 is 0.831 bits per heavy atom. The van der Waals surface area contributed by atoms with Gasteiger partial charge in [0.1, 0.15) is 48.8 Å². The van der Waals surface area contributed by atoms with Crippen LogP contribution in [-0.4, -0.2) is 141 Å². The Morgan fingerprint density at radius 3 is 2.19 bits per heavy atom. The van der Waals surface area contributed by atoms with Gasteiger partial charge < -0.3 is 64.2 Å². The topological polar surface area (TPSA) is 248 Å². The molecular weight excluding hydrogens is 772 g/mol. The second-order valence-electron chi connectivity index (χ2n) is 20.1. The molecule has 0 amide bonds. The molecular formula is C43H64O16. The summed E-state index contributed by atoms with van der Waals surface area (Å²) >= 11 is 0. The number of hydrogen-bond donors (Lipinski definition) is 7. The Labute approximate surface area is 344 Å². The maximum Gasteiger partial charge on any atom is 0.337 e. The average molecular weight is 837 g/mol. The number of carbonyl (C=O) groups excluding carboxylic acids is 2. The standard InChI is InChI=1S/C43H64O16/c1-19-7-8-22(55-34(19)50)20(2)21-11-13-40(4)24-9-10-25-41(5,38(52)53)26(12-14-42(25)18-43(24,42)16-15-39(21,40)3)57-37-33(30(48)29(47)32(58-37)35(51)54-6)59-36-31(49)28(46)27(45)23(17-44)56-36/h7,20-33,36-37,44-49H,8-18H2,1-6H3,(H,52,53)/t20?,21-,22?,23-,24?,25?,26+,27-,28+,29+,30+,31-,32+,33-,36+,37-,39-,40+,41+,42-,43+/m1/s1. The lowest BCUT2D eigenvalue weighted by atomic mass is 9.41. The van der Waals surface area contributed by atoms with Crippen molar-refractivity contribution >= 4 is 17.9 Å². The molecule has 16 heteroatoms. The highest BCUT2D eigenvalue weighted by atomic mass is 16.8. The Balaban J connectivity index is 1.05. The van der Waals surface area contributed by atoms with Crippen molar-refractivity contribution in [3.63, 3.8) is 0 Å². The molecule has 3 heterocycles. The summed E-state index contributed by atoms with van der Waals surface area (Å²) in [4.78, 5) is 39.1. The number of ether oxygens (including phenoxy) is 6. The number of rotatable bonds is 9. The van der Waals surface area contributed by atoms with E-state index in [1.54, 1.807) is 13.8 Å². The van der Waals surface area contributed by atoms with Gasteiger partial charge in [-0.15, -0.1) is 0 Å². The minimum Gasteiger partial charge on any atom is -0.481 e. The number of aliphatic hydroxyl groups is 6. The molecule has 332 valence electrons. The van der Waals surface area contributed by atoms with Gasteiger partial charge in [0.15, 0.2) is 18.7 Å². The molecule has 7 fully saturated rings. The first kappa shape index (κ1) is 43.4. The molecule has 0 aromatic rings. The van der Waals surface area contributed by atoms with E-state index >= 15 is 0 Å². The predicted octanol–water partition coefficient (Wildman–Crippen LogP) is 1.58. The first-order valence-corrected chi connectivity index (χ1v) is 21.6. The van der Waals surface area contributed by atoms with Crippen molar-refractivity contribution in [2.75, 3.05) is 13.7 Å². The average Bonchev–Trinajstić information content (AvgIpc) is 3.80. The number of aliphatic carboxylic acids is 1. The van der Waals surface area contributed by atoms with Gasteiger partial charge in [-0.1, -0.05) is 26.8 Å². The van der Waals surface area contributed by atoms with Gasteiger partial charge in [-0.2, -0.15) is 0 Å². The number of cyclic esters (lactones) is 1. The van der Waals surface area contributed by atoms with Crippen LogP contribution in [0.4, 0.5) is 0 Å². The molecule has 2 spiro atoms. The summed E-state index contributed by atoms with van der Waals surface area (Å²) in [5, 5.41) is 74.9. The third kappa shape index (κ3) is 6.08. The van der Waals surface area contributed by atoms with Gasteiger partial charge in [0.2, 0.25) is 0 Å². The summed E-state index contributed by atoms with van der Waals surface area (Å²) in [6, 6.07) is 0. The van der Waals surface area contributed by atoms with E-state index in [0.29, 0.717) is 36.7 Å². The minimum absolute atomic E-state index is 0.0147. The van der Waals surface area contributed by atoms with E-state index in [1.807, 2.05) is 6.08 Å². The van der Waals surface area contributed by atoms with Crippen LogP contribution in [0.1, 0.15) is 98.8 Å². The van der Waals surface area contributed by atoms with Gasteiger partial charge in [-0.25, -0.2) is 9.59 Å². The first-order chi connectivity index (χ1) is 27.8. The molecule has 16 nitrogen and oxygen atoms in total. The van der Waals surface area contributed by atoms with Crippen LogP contribution in [0.5, 0.6) is 0 Å². The molecule has 5 saturated carbocycles. The third-order valence-electron chi connectivity index (χ3n) is 18.1. The summed E-state index contributed by atoms with van der Waals surface area (Å²) in [7, 11) is 1.08. The maximum absolute atomic E-state index is 13.7. The number of aliphatic hydroxyl groups excluding tert-OH is 6. The molecule has 59 heavy (non-hydrogen) atoms. The lowest BCUT2D eigenvalue weighted by Crippen LogP contribution is -2.66. The SMILES string of the molecule is COC(=O)[C@H]1O[C@@H](O[C@H]2CC[C@]34C[C@]35CC[C@]3(C)[C@@H](C(C)C6CC=C(C)C(=O)O6)CC[C@@]3(C)C5CCC4[C@]2(C)C(=O)O)[C@H](O[C@@H]2O[C@H](CO)[C@@H](O)[C@H](O)[C@H]2O)[C@@H](O)[C@@H]1O. The monoisotopic (exact) mass is 836 g/mol. The van der Waals surface area contributed by atoms with E-state index < -0.39 is 91.5 Å². The Bertz CT molecular complexity index is 1700. The van der Waals surface area contributed by atoms with Crippen LogP contribution < -0.4 is 0 Å². The van der Waals surface area contributed by atoms with Crippen LogP contribution in [0.25, 0.3) is 0 Å². The fourth-order valence-electron chi connectivity index (χ4n) is 14.6. The maximum atomic E-state index is 13.7. The van der Waals surface area contributed by atoms with Crippen LogP contribution in [0.15, 0.2) is 11.6 Å². The molecule has 5 aliphatic carbocycles. The molecule has 2 saturated heterocycles. The summed E-state index contributed by atoms with van der Waals surface area (Å²) < 4.78 is 34.7. The zero-order valence-corrected chi connectivity index (χ0v) is 34.9. The molecule has 0 aromatic carbocycles. The highest BCUT2D eigenvalue weighted by Crippen LogP contribution is 2.89. The Hall–Kier alpha value is -2.25. The number of carboxylic acid groups (broad SMARTS) is 1. The Morgan fingerprint density at radius 2 is 1.53 bits per heavy atom. The van der Waals surface area contributed by atoms with Crippen molar-refractivity contribution < 1.29 is 78.6 Å². The number of fused-ring (bicyclic) bond motifs is 2. The van der Waals surface area contributed by atoms with Crippen LogP contribution in [0, 0.1) is 50.7 Å². The molecule has 0 aromatic heterocycles. The highest BCUT2D eigenvalue weighted by molar-refractivity contribution is 5.88. The molecule has 7 N–H and O–H groups in total. The van der Waals surface area contributed by atoms with Crippen LogP contribution in [-0.2, 0) is 42.8 Å². The summed E-state index contributed by atoms with van der Waals surface area (Å²) in [6.45, 7) is 9.92. The fourth-order valence-corrected chi connectivity index (χ4v) is 14.6. The molecule has 8 aliphatic rings. The van der Waals surface area contributed by atoms with Crippen molar-refractivity contribution in [2.24, 2.45) is 50.7 Å². The molecule has 0 bridgehead atoms. The highest BCUT2D eigenvalue weighted by Gasteiger charge is 2.83. The van der Waals surface area contributed by atoms with E-state index in [2.05, 4.69) is 20.8 Å². The summed E-state index contributed by atoms with van der Waals surface area (Å²) in [5.41, 5.74) is -1.02. The molecule has 3 aliphatic heterocycles. The van der Waals surface area contributed by atoms with E-state index in [9.17, 15) is 50.1 Å². The zero-order chi connectivity index (χ0) is 42.8. The predicted molar refractivity (Wildman–Crippen MR) is 202 cm³/mol. The van der Waals surface area contributed by atoms with Crippen molar-refractivity contribution in [3.8, 4) is 0 Å². The minimum atomic E-state index is -1.92. The van der Waals surface area contributed by atoms with Gasteiger partial charge in [-0.05, 0) is 117 Å². The van der Waals surface area contributed by atoms with Crippen molar-refractivity contribution in [1.82, 2.24) is 0 Å². The van der Waals surface area contributed by atoms with E-state index in [1.165, 1.54) is 0 Å². The number of hydrogen-bond acceptors (Lipinski definition) is 15. The smallest absolute Gasteiger partial charge is 0.337 e. The van der Waals surface area contributed by atoms with Gasteiger partial charge in [0.25, 0.3) is 0 Å². The molecule has 21 atom stereocenters. The van der Waals surface area contributed by atoms with Crippen molar-refractivity contribution in [2.45, 2.75) is 172 Å². The number of methoxy groups -OCH3 is 1. The second kappa shape index (κ2) is 14.9. The lowest BCUT2D eigenvalue weighted by Gasteiger charge is -2.63. The summed E-state index contributed by atoms with van der Waals surface area (Å²) in [5.74, 6) is -1.60. The molecule has 4 unspecified atom stereocenters. The van der Waals surface area contributed by atoms with Gasteiger partial charge in [-0.3, -0.25) is 4.79 Å². The van der Waals surface area contributed by atoms with E-state index in [-0.39, 0.29) is 45.6 Å². The van der Waals surface area contributed by atoms with Crippen LogP contribution >= 0.6 is 0 Å². The normalized spacial score (nSPS) is 53.4. The number of esters is 2. The zero-order valence-electron chi connectivity index (χ0n) is 34.9. The first-order valence-electron chi connectivity index (χ1n) is 21.6. The van der Waals surface area contributed by atoms with Crippen molar-refractivity contribution in [1.29, 1.82) is 0 Å². The van der Waals surface area contributed by atoms with Crippen molar-refractivity contribution in [3.05, 3.63) is 11.6 Å². The fraction of sp³-hybridized carbons (Fsp3) is 0.884. The van der Waals surface area contributed by atoms with Gasteiger partial charge >= 0.3 is 17.9 Å². The summed E-state index contributed by atoms with van der Waals surface area (Å²) in [6.07, 6.45) is -8.33. The van der Waals surface area contributed by atoms with Gasteiger partial charge in [0, 0.05) is 12.0 Å². The van der Waals surface area contributed by atoms with E-state index in [4.69, 9.17) is 28.4 Å². The molecule has 0 radical (unpaired) electrons. The quantitative estimate of drug-likeness (QED) is 0.129.